The van der Waals surface area contributed by atoms with Gasteiger partial charge in [-0.15, -0.1) is 0 Å². The van der Waals surface area contributed by atoms with E-state index in [9.17, 15) is 26.7 Å². The Kier molecular flexibility index (Phi) is 5.60. The molecule has 4 aromatic rings. The lowest BCUT2D eigenvalue weighted by Gasteiger charge is -2.37. The molecule has 0 N–H and O–H groups in total. The number of piperidine rings is 1. The number of pyridine rings is 1. The molecule has 1 fully saturated rings. The quantitative estimate of drug-likeness (QED) is 0.382. The fraction of sp³-hybridized carbons (Fsp3) is 0.348. The van der Waals surface area contributed by atoms with E-state index in [2.05, 4.69) is 20.1 Å². The van der Waals surface area contributed by atoms with Gasteiger partial charge in [0, 0.05) is 30.6 Å². The molecule has 0 bridgehead atoms. The predicted molar refractivity (Wildman–Crippen MR) is 115 cm³/mol. The maximum atomic E-state index is 13.9. The average Bonchev–Trinajstić information content (AvgIpc) is 3.31. The van der Waals surface area contributed by atoms with Gasteiger partial charge >= 0.3 is 6.18 Å². The number of rotatable bonds is 3. The van der Waals surface area contributed by atoms with Crippen molar-refractivity contribution in [3.63, 3.8) is 0 Å². The number of fused-ring (bicyclic) bond motifs is 2. The smallest absolute Gasteiger partial charge is 0.338 e. The summed E-state index contributed by atoms with van der Waals surface area (Å²) in [7, 11) is 0. The molecule has 2 atom stereocenters. The van der Waals surface area contributed by atoms with Crippen molar-refractivity contribution in [2.75, 3.05) is 13.1 Å². The summed E-state index contributed by atoms with van der Waals surface area (Å²) in [5, 5.41) is 4.34. The third-order valence-electron chi connectivity index (χ3n) is 6.43. The molecule has 7 nitrogen and oxygen atoms in total. The van der Waals surface area contributed by atoms with Crippen molar-refractivity contribution in [3.05, 3.63) is 65.4 Å². The highest BCUT2D eigenvalue weighted by Gasteiger charge is 2.39. The number of nitrogens with zero attached hydrogens (tertiary/aromatic N) is 6. The Labute approximate surface area is 195 Å². The Morgan fingerprint density at radius 2 is 1.97 bits per heavy atom. The van der Waals surface area contributed by atoms with E-state index in [1.54, 1.807) is 0 Å². The molecule has 1 aliphatic heterocycles. The van der Waals surface area contributed by atoms with Gasteiger partial charge in [-0.2, -0.15) is 23.3 Å². The van der Waals surface area contributed by atoms with E-state index in [0.29, 0.717) is 12.1 Å². The summed E-state index contributed by atoms with van der Waals surface area (Å²) in [6.45, 7) is 2.15. The lowest BCUT2D eigenvalue weighted by atomic mass is 9.84. The van der Waals surface area contributed by atoms with E-state index in [4.69, 9.17) is 0 Å². The van der Waals surface area contributed by atoms with Crippen molar-refractivity contribution in [2.45, 2.75) is 31.9 Å². The first-order valence-electron chi connectivity index (χ1n) is 10.9. The van der Waals surface area contributed by atoms with E-state index < -0.39 is 41.2 Å². The summed E-state index contributed by atoms with van der Waals surface area (Å²) in [6, 6.07) is 6.33. The molecular formula is C23H19F5N6O. The van der Waals surface area contributed by atoms with Crippen LogP contribution >= 0.6 is 0 Å². The predicted octanol–water partition coefficient (Wildman–Crippen LogP) is 4.89. The van der Waals surface area contributed by atoms with Gasteiger partial charge < -0.3 is 4.90 Å². The minimum atomic E-state index is -4.75. The zero-order chi connectivity index (χ0) is 24.9. The van der Waals surface area contributed by atoms with Gasteiger partial charge in [0.05, 0.1) is 22.3 Å². The average molecular weight is 490 g/mol. The molecule has 3 aromatic heterocycles. The topological polar surface area (TPSA) is 76.3 Å². The van der Waals surface area contributed by atoms with Gasteiger partial charge in [-0.3, -0.25) is 9.78 Å². The van der Waals surface area contributed by atoms with Gasteiger partial charge in [0.15, 0.2) is 0 Å². The molecule has 1 aromatic carbocycles. The zero-order valence-electron chi connectivity index (χ0n) is 18.4. The van der Waals surface area contributed by atoms with Crippen LogP contribution in [-0.2, 0) is 6.18 Å². The number of aromatic nitrogens is 5. The van der Waals surface area contributed by atoms with E-state index in [1.165, 1.54) is 40.1 Å². The largest absolute Gasteiger partial charge is 0.417 e. The van der Waals surface area contributed by atoms with Crippen LogP contribution < -0.4 is 0 Å². The summed E-state index contributed by atoms with van der Waals surface area (Å²) < 4.78 is 69.9. The van der Waals surface area contributed by atoms with Crippen LogP contribution in [0.1, 0.15) is 53.0 Å². The van der Waals surface area contributed by atoms with Gasteiger partial charge in [-0.1, -0.05) is 13.0 Å². The normalized spacial score (nSPS) is 19.1. The molecule has 1 saturated heterocycles. The Morgan fingerprint density at radius 1 is 1.17 bits per heavy atom. The van der Waals surface area contributed by atoms with Crippen molar-refractivity contribution in [3.8, 4) is 0 Å². The standard InChI is InChI=1S/C23H19F5N6O/c1-12-4-6-33(10-15(12)19-9-18(20(24)25)32-22-30-11-31-34(19)22)21(35)14-8-17-13(3-2-5-29-17)7-16(14)23(26,27)28/h2-3,5,7-9,11-12,15,20H,4,6,10H2,1H3/t12-,15-/m1/s1. The van der Waals surface area contributed by atoms with E-state index in [1.807, 2.05) is 6.92 Å². The lowest BCUT2D eigenvalue weighted by Crippen LogP contribution is -2.43. The monoisotopic (exact) mass is 490 g/mol. The molecule has 1 aliphatic rings. The third-order valence-corrected chi connectivity index (χ3v) is 6.43. The van der Waals surface area contributed by atoms with Crippen molar-refractivity contribution in [2.24, 2.45) is 5.92 Å². The molecule has 35 heavy (non-hydrogen) atoms. The van der Waals surface area contributed by atoms with E-state index in [0.717, 1.165) is 12.1 Å². The Bertz CT molecular complexity index is 1420. The van der Waals surface area contributed by atoms with Crippen molar-refractivity contribution in [1.82, 2.24) is 29.5 Å². The van der Waals surface area contributed by atoms with Crippen LogP contribution in [0.4, 0.5) is 22.0 Å². The summed E-state index contributed by atoms with van der Waals surface area (Å²) in [5.74, 6) is -1.32. The first kappa shape index (κ1) is 23.1. The van der Waals surface area contributed by atoms with Crippen LogP contribution in [0.15, 0.2) is 42.9 Å². The van der Waals surface area contributed by atoms with E-state index in [-0.39, 0.29) is 35.7 Å². The molecule has 12 heteroatoms. The number of halogens is 5. The second-order valence-electron chi connectivity index (χ2n) is 8.59. The molecule has 0 radical (unpaired) electrons. The number of alkyl halides is 5. The number of amides is 1. The zero-order valence-corrected chi connectivity index (χ0v) is 18.4. The van der Waals surface area contributed by atoms with Crippen LogP contribution in [0.3, 0.4) is 0 Å². The summed E-state index contributed by atoms with van der Waals surface area (Å²) in [4.78, 5) is 26.5. The maximum absolute atomic E-state index is 13.9. The fourth-order valence-corrected chi connectivity index (χ4v) is 4.57. The van der Waals surface area contributed by atoms with E-state index >= 15 is 0 Å². The molecule has 1 amide bonds. The van der Waals surface area contributed by atoms with Crippen molar-refractivity contribution in [1.29, 1.82) is 0 Å². The number of carbonyl (C=O) groups excluding carboxylic acids is 1. The molecule has 5 rings (SSSR count). The van der Waals surface area contributed by atoms with Gasteiger partial charge in [0.2, 0.25) is 0 Å². The first-order valence-corrected chi connectivity index (χ1v) is 10.9. The number of hydrogen-bond donors (Lipinski definition) is 0. The summed E-state index contributed by atoms with van der Waals surface area (Å²) in [5.41, 5.74) is -1.36. The molecule has 0 saturated carbocycles. The highest BCUT2D eigenvalue weighted by molar-refractivity contribution is 5.99. The second-order valence-corrected chi connectivity index (χ2v) is 8.59. The van der Waals surface area contributed by atoms with Gasteiger partial charge in [0.1, 0.15) is 12.0 Å². The lowest BCUT2D eigenvalue weighted by molar-refractivity contribution is -0.137. The Hall–Kier alpha value is -3.70. The summed E-state index contributed by atoms with van der Waals surface area (Å²) >= 11 is 0. The van der Waals surface area contributed by atoms with Crippen LogP contribution in [0, 0.1) is 5.92 Å². The minimum absolute atomic E-state index is 0.00610. The third kappa shape index (κ3) is 4.17. The SMILES string of the molecule is C[C@@H]1CCN(C(=O)c2cc3ncccc3cc2C(F)(F)F)C[C@H]1c1cc(C(F)F)nc2ncnn12. The number of hydrogen-bond acceptors (Lipinski definition) is 5. The number of benzene rings is 1. The Balaban J connectivity index is 1.55. The van der Waals surface area contributed by atoms with Crippen LogP contribution in [0.5, 0.6) is 0 Å². The number of carbonyl (C=O) groups is 1. The maximum Gasteiger partial charge on any atom is 0.417 e. The van der Waals surface area contributed by atoms with Crippen molar-refractivity contribution < 1.29 is 26.7 Å². The highest BCUT2D eigenvalue weighted by Crippen LogP contribution is 2.37. The molecular weight excluding hydrogens is 471 g/mol. The Morgan fingerprint density at radius 3 is 2.71 bits per heavy atom. The highest BCUT2D eigenvalue weighted by atomic mass is 19.4. The van der Waals surface area contributed by atoms with Gasteiger partial charge in [0.25, 0.3) is 18.1 Å². The molecule has 4 heterocycles. The fourth-order valence-electron chi connectivity index (χ4n) is 4.57. The van der Waals surface area contributed by atoms with Crippen LogP contribution in [0.25, 0.3) is 16.7 Å². The van der Waals surface area contributed by atoms with Crippen molar-refractivity contribution >= 4 is 22.6 Å². The molecule has 0 spiro atoms. The van der Waals surface area contributed by atoms with Crippen LogP contribution in [-0.4, -0.2) is 48.5 Å². The second kappa shape index (κ2) is 8.51. The molecule has 0 unspecified atom stereocenters. The molecule has 182 valence electrons. The van der Waals surface area contributed by atoms with Gasteiger partial charge in [-0.25, -0.2) is 18.3 Å². The summed E-state index contributed by atoms with van der Waals surface area (Å²) in [6.07, 6.45) is -4.50. The minimum Gasteiger partial charge on any atom is -0.338 e. The molecule has 0 aliphatic carbocycles. The number of likely N-dealkylation sites (tertiary alicyclic amines) is 1. The van der Waals surface area contributed by atoms with Crippen LogP contribution in [0.2, 0.25) is 0 Å². The first-order chi connectivity index (χ1) is 16.6. The van der Waals surface area contributed by atoms with Gasteiger partial charge in [-0.05, 0) is 36.6 Å².